The minimum atomic E-state index is -0.577. The zero-order valence-corrected chi connectivity index (χ0v) is 20.9. The van der Waals surface area contributed by atoms with E-state index < -0.39 is 11.6 Å². The van der Waals surface area contributed by atoms with Crippen molar-refractivity contribution >= 4 is 34.3 Å². The molecule has 1 aliphatic carbocycles. The zero-order chi connectivity index (χ0) is 26.8. The van der Waals surface area contributed by atoms with E-state index in [0.29, 0.717) is 47.5 Å². The molecule has 8 heteroatoms. The Bertz CT molecular complexity index is 1410. The number of anilines is 4. The molecule has 0 saturated heterocycles. The third-order valence-electron chi connectivity index (χ3n) is 6.16. The summed E-state index contributed by atoms with van der Waals surface area (Å²) in [6, 6.07) is 20.1. The highest BCUT2D eigenvalue weighted by atomic mass is 16.5. The average molecular weight is 511 g/mol. The molecule has 4 aromatic carbocycles. The summed E-state index contributed by atoms with van der Waals surface area (Å²) in [4.78, 5) is 27.5. The van der Waals surface area contributed by atoms with Crippen molar-refractivity contribution in [1.29, 1.82) is 0 Å². The van der Waals surface area contributed by atoms with Crippen LogP contribution in [0.5, 0.6) is 23.0 Å². The van der Waals surface area contributed by atoms with E-state index in [9.17, 15) is 19.8 Å². The molecule has 5 rings (SSSR count). The largest absolute Gasteiger partial charge is 0.507 e. The number of carbonyl (C=O) groups excluding carboxylic acids is 2. The summed E-state index contributed by atoms with van der Waals surface area (Å²) >= 11 is 0. The molecule has 38 heavy (non-hydrogen) atoms. The van der Waals surface area contributed by atoms with Crippen LogP contribution in [0.1, 0.15) is 45.7 Å². The quantitative estimate of drug-likeness (QED) is 0.183. The van der Waals surface area contributed by atoms with E-state index in [1.165, 1.54) is 24.3 Å². The van der Waals surface area contributed by atoms with E-state index in [1.807, 2.05) is 13.8 Å². The summed E-state index contributed by atoms with van der Waals surface area (Å²) in [5.41, 5.74) is 1.70. The lowest BCUT2D eigenvalue weighted by Gasteiger charge is -2.24. The number of aromatic hydroxyl groups is 2. The number of phenolic OH excluding ortho intramolecular Hbond substituents is 2. The number of rotatable bonds is 8. The van der Waals surface area contributed by atoms with Crippen molar-refractivity contribution in [3.63, 3.8) is 0 Å². The second-order valence-corrected chi connectivity index (χ2v) is 8.59. The van der Waals surface area contributed by atoms with Crippen LogP contribution in [0.15, 0.2) is 72.8 Å². The predicted octanol–water partition coefficient (Wildman–Crippen LogP) is 6.16. The maximum atomic E-state index is 13.8. The van der Waals surface area contributed by atoms with Crippen molar-refractivity contribution in [2.75, 3.05) is 23.8 Å². The summed E-state index contributed by atoms with van der Waals surface area (Å²) in [7, 11) is 0. The van der Waals surface area contributed by atoms with Crippen LogP contribution in [0.4, 0.5) is 22.7 Å². The molecule has 0 aromatic heterocycles. The van der Waals surface area contributed by atoms with Gasteiger partial charge in [-0.1, -0.05) is 0 Å². The first-order valence-corrected chi connectivity index (χ1v) is 12.2. The van der Waals surface area contributed by atoms with E-state index in [0.717, 1.165) is 0 Å². The Balaban J connectivity index is 1.54. The predicted molar refractivity (Wildman–Crippen MR) is 145 cm³/mol. The fraction of sp³-hybridized carbons (Fsp3) is 0.133. The van der Waals surface area contributed by atoms with E-state index in [1.54, 1.807) is 48.5 Å². The van der Waals surface area contributed by atoms with Gasteiger partial charge in [-0.25, -0.2) is 0 Å². The Morgan fingerprint density at radius 2 is 0.921 bits per heavy atom. The molecule has 0 aliphatic heterocycles. The van der Waals surface area contributed by atoms with Gasteiger partial charge in [0.1, 0.15) is 23.0 Å². The number of ketones is 2. The molecule has 1 aliphatic rings. The average Bonchev–Trinajstić information content (AvgIpc) is 2.91. The minimum absolute atomic E-state index is 0.00935. The first-order chi connectivity index (χ1) is 18.4. The van der Waals surface area contributed by atoms with Gasteiger partial charge in [0.05, 0.1) is 46.8 Å². The van der Waals surface area contributed by atoms with Crippen molar-refractivity contribution in [1.82, 2.24) is 0 Å². The van der Waals surface area contributed by atoms with E-state index >= 15 is 0 Å². The molecule has 0 amide bonds. The number of nitrogens with one attached hydrogen (secondary N) is 2. The van der Waals surface area contributed by atoms with Gasteiger partial charge < -0.3 is 30.3 Å². The van der Waals surface area contributed by atoms with Gasteiger partial charge in [0, 0.05) is 11.4 Å². The number of ether oxygens (including phenoxy) is 2. The summed E-state index contributed by atoms with van der Waals surface area (Å²) in [6.07, 6.45) is 0. The van der Waals surface area contributed by atoms with Gasteiger partial charge >= 0.3 is 0 Å². The Labute approximate surface area is 219 Å². The number of hydrogen-bond donors (Lipinski definition) is 4. The van der Waals surface area contributed by atoms with Crippen LogP contribution < -0.4 is 20.1 Å². The van der Waals surface area contributed by atoms with Gasteiger partial charge in [-0.2, -0.15) is 0 Å². The van der Waals surface area contributed by atoms with Crippen molar-refractivity contribution in [2.45, 2.75) is 13.8 Å². The number of fused-ring (bicyclic) bond motifs is 2. The molecule has 4 aromatic rings. The van der Waals surface area contributed by atoms with Gasteiger partial charge in [-0.15, -0.1) is 0 Å². The van der Waals surface area contributed by atoms with Gasteiger partial charge in [0.2, 0.25) is 11.6 Å². The van der Waals surface area contributed by atoms with Gasteiger partial charge in [-0.3, -0.25) is 9.59 Å². The number of benzene rings is 4. The van der Waals surface area contributed by atoms with Crippen LogP contribution in [-0.2, 0) is 0 Å². The standard InChI is InChI=1S/C30H26N2O6/c1-3-37-19-9-5-17(6-10-19)31-21-13-15-23(33)27-25(21)29(35)28-24(34)16-14-22(26(28)30(27)36)32-18-7-11-20(12-8-18)38-4-2/h5-16,31-34H,3-4H2,1-2H3. The first-order valence-electron chi connectivity index (χ1n) is 12.2. The third-order valence-corrected chi connectivity index (χ3v) is 6.16. The normalized spacial score (nSPS) is 11.9. The highest BCUT2D eigenvalue weighted by Gasteiger charge is 2.38. The molecule has 4 N–H and O–H groups in total. The Hall–Kier alpha value is -4.98. The summed E-state index contributed by atoms with van der Waals surface area (Å²) in [5, 5.41) is 27.6. The third kappa shape index (κ3) is 4.48. The number of hydrogen-bond acceptors (Lipinski definition) is 8. The molecule has 192 valence electrons. The van der Waals surface area contributed by atoms with Crippen molar-refractivity contribution in [3.8, 4) is 23.0 Å². The lowest BCUT2D eigenvalue weighted by Crippen LogP contribution is -2.23. The van der Waals surface area contributed by atoms with Crippen molar-refractivity contribution in [2.24, 2.45) is 0 Å². The maximum absolute atomic E-state index is 13.8. The Morgan fingerprint density at radius 3 is 1.26 bits per heavy atom. The van der Waals surface area contributed by atoms with Gasteiger partial charge in [0.25, 0.3) is 0 Å². The molecule has 0 unspecified atom stereocenters. The molecular formula is C30H26N2O6. The van der Waals surface area contributed by atoms with Crippen LogP contribution in [0, 0.1) is 0 Å². The minimum Gasteiger partial charge on any atom is -0.507 e. The second kappa shape index (κ2) is 10.2. The van der Waals surface area contributed by atoms with E-state index in [2.05, 4.69) is 10.6 Å². The number of carbonyl (C=O) groups is 2. The Kier molecular flexibility index (Phi) is 6.62. The fourth-order valence-electron chi connectivity index (χ4n) is 4.49. The number of phenols is 2. The van der Waals surface area contributed by atoms with E-state index in [-0.39, 0.29) is 33.8 Å². The highest BCUT2D eigenvalue weighted by Crippen LogP contribution is 2.43. The molecule has 0 radical (unpaired) electrons. The summed E-state index contributed by atoms with van der Waals surface area (Å²) in [6.45, 7) is 4.86. The monoisotopic (exact) mass is 510 g/mol. The first kappa shape index (κ1) is 24.7. The van der Waals surface area contributed by atoms with Crippen LogP contribution in [0.3, 0.4) is 0 Å². The molecule has 0 spiro atoms. The van der Waals surface area contributed by atoms with Gasteiger partial charge in [0.15, 0.2) is 0 Å². The molecule has 0 fully saturated rings. The SMILES string of the molecule is CCOc1ccc(Nc2ccc(O)c3c2C(=O)c2c(O)ccc(Nc4ccc(OCC)cc4)c2C3=O)cc1. The van der Waals surface area contributed by atoms with Gasteiger partial charge in [-0.05, 0) is 86.6 Å². The fourth-order valence-corrected chi connectivity index (χ4v) is 4.49. The van der Waals surface area contributed by atoms with Crippen LogP contribution in [0.25, 0.3) is 0 Å². The molecular weight excluding hydrogens is 484 g/mol. The lowest BCUT2D eigenvalue weighted by molar-refractivity contribution is 0.0975. The molecule has 0 heterocycles. The summed E-state index contributed by atoms with van der Waals surface area (Å²) in [5.74, 6) is -0.404. The lowest BCUT2D eigenvalue weighted by atomic mass is 9.81. The summed E-state index contributed by atoms with van der Waals surface area (Å²) < 4.78 is 10.9. The van der Waals surface area contributed by atoms with Crippen LogP contribution >= 0.6 is 0 Å². The van der Waals surface area contributed by atoms with Crippen molar-refractivity contribution < 1.29 is 29.3 Å². The smallest absolute Gasteiger partial charge is 0.200 e. The molecule has 0 atom stereocenters. The zero-order valence-electron chi connectivity index (χ0n) is 20.9. The topological polar surface area (TPSA) is 117 Å². The highest BCUT2D eigenvalue weighted by molar-refractivity contribution is 6.33. The van der Waals surface area contributed by atoms with Crippen LogP contribution in [0.2, 0.25) is 0 Å². The molecule has 0 saturated carbocycles. The van der Waals surface area contributed by atoms with Crippen molar-refractivity contribution in [3.05, 3.63) is 95.1 Å². The second-order valence-electron chi connectivity index (χ2n) is 8.59. The van der Waals surface area contributed by atoms with Crippen LogP contribution in [-0.4, -0.2) is 35.0 Å². The Morgan fingerprint density at radius 1 is 0.553 bits per heavy atom. The molecule has 0 bridgehead atoms. The maximum Gasteiger partial charge on any atom is 0.200 e. The van der Waals surface area contributed by atoms with E-state index in [4.69, 9.17) is 9.47 Å². The molecule has 8 nitrogen and oxygen atoms in total.